The molecule has 4 heteroatoms. The van der Waals surface area contributed by atoms with Crippen LogP contribution in [0.15, 0.2) is 0 Å². The number of hydrogen-bond donors (Lipinski definition) is 2. The molecule has 0 fully saturated rings. The van der Waals surface area contributed by atoms with Crippen LogP contribution in [0, 0.1) is 0 Å². The topological polar surface area (TPSA) is 50.4 Å². The molecule has 0 heterocycles. The fraction of sp³-hybridized carbons (Fsp3) is 0.857. The Morgan fingerprint density at radius 2 is 2.00 bits per heavy atom. The number of amides is 1. The van der Waals surface area contributed by atoms with Gasteiger partial charge in [0.25, 0.3) is 0 Å². The highest BCUT2D eigenvalue weighted by Gasteiger charge is 2.10. The van der Waals surface area contributed by atoms with Crippen molar-refractivity contribution >= 4 is 6.09 Å². The summed E-state index contributed by atoms with van der Waals surface area (Å²) < 4.78 is 4.62. The number of nitrogens with one attached hydrogen (secondary N) is 2. The molecule has 0 aliphatic heterocycles. The number of hydrazine groups is 1. The quantitative estimate of drug-likeness (QED) is 0.593. The van der Waals surface area contributed by atoms with E-state index in [9.17, 15) is 4.79 Å². The molecule has 11 heavy (non-hydrogen) atoms. The third-order valence-electron chi connectivity index (χ3n) is 0.815. The van der Waals surface area contributed by atoms with E-state index in [0.717, 1.165) is 0 Å². The minimum absolute atomic E-state index is 0.132. The maximum absolute atomic E-state index is 10.7. The molecule has 0 aromatic rings. The molecule has 0 unspecified atom stereocenters. The molecule has 0 rings (SSSR count). The predicted octanol–water partition coefficient (Wildman–Crippen LogP) is 1.04. The molecular weight excluding hydrogens is 144 g/mol. The summed E-state index contributed by atoms with van der Waals surface area (Å²) in [6.45, 7) is 7.98. The summed E-state index contributed by atoms with van der Waals surface area (Å²) >= 11 is 0. The zero-order valence-corrected chi connectivity index (χ0v) is 7.52. The molecule has 0 aromatic carbocycles. The van der Waals surface area contributed by atoms with Crippen LogP contribution in [0.4, 0.5) is 4.79 Å². The molecule has 0 aromatic heterocycles. The second-order valence-electron chi connectivity index (χ2n) is 3.22. The Hall–Kier alpha value is -0.770. The van der Waals surface area contributed by atoms with Crippen LogP contribution in [-0.4, -0.2) is 18.2 Å². The molecule has 0 saturated heterocycles. The van der Waals surface area contributed by atoms with Crippen LogP contribution in [0.3, 0.4) is 0 Å². The summed E-state index contributed by atoms with van der Waals surface area (Å²) in [7, 11) is 0. The number of hydrogen-bond acceptors (Lipinski definition) is 3. The van der Waals surface area contributed by atoms with E-state index in [-0.39, 0.29) is 5.54 Å². The van der Waals surface area contributed by atoms with Gasteiger partial charge in [0.05, 0.1) is 6.61 Å². The van der Waals surface area contributed by atoms with Gasteiger partial charge in [0.1, 0.15) is 0 Å². The van der Waals surface area contributed by atoms with Crippen LogP contribution in [0.2, 0.25) is 0 Å². The third kappa shape index (κ3) is 7.12. The summed E-state index contributed by atoms with van der Waals surface area (Å²) in [5.41, 5.74) is 5.06. The van der Waals surface area contributed by atoms with Gasteiger partial charge in [-0.25, -0.2) is 10.2 Å². The van der Waals surface area contributed by atoms with Crippen LogP contribution >= 0.6 is 0 Å². The first-order chi connectivity index (χ1) is 4.95. The fourth-order valence-electron chi connectivity index (χ4n) is 0.406. The average molecular weight is 160 g/mol. The molecule has 2 N–H and O–H groups in total. The maximum Gasteiger partial charge on any atom is 0.421 e. The maximum atomic E-state index is 10.7. The average Bonchev–Trinajstić information content (AvgIpc) is 1.83. The lowest BCUT2D eigenvalue weighted by atomic mass is 10.1. The molecule has 0 atom stereocenters. The number of rotatable bonds is 2. The van der Waals surface area contributed by atoms with Gasteiger partial charge in [-0.2, -0.15) is 0 Å². The van der Waals surface area contributed by atoms with Gasteiger partial charge in [-0.15, -0.1) is 0 Å². The van der Waals surface area contributed by atoms with Crippen LogP contribution in [0.5, 0.6) is 0 Å². The normalized spacial score (nSPS) is 10.9. The van der Waals surface area contributed by atoms with E-state index >= 15 is 0 Å². The van der Waals surface area contributed by atoms with Crippen LogP contribution in [0.25, 0.3) is 0 Å². The molecular formula is C7H16N2O2. The summed E-state index contributed by atoms with van der Waals surface area (Å²) in [5.74, 6) is 0. The van der Waals surface area contributed by atoms with Gasteiger partial charge in [0, 0.05) is 5.54 Å². The van der Waals surface area contributed by atoms with Crippen molar-refractivity contribution in [1.29, 1.82) is 0 Å². The molecule has 0 spiro atoms. The molecule has 0 radical (unpaired) electrons. The lowest BCUT2D eigenvalue weighted by Crippen LogP contribution is -2.48. The highest BCUT2D eigenvalue weighted by molar-refractivity contribution is 5.66. The van der Waals surface area contributed by atoms with E-state index in [1.165, 1.54) is 0 Å². The molecule has 66 valence electrons. The van der Waals surface area contributed by atoms with Crippen LogP contribution in [-0.2, 0) is 4.74 Å². The van der Waals surface area contributed by atoms with E-state index in [1.54, 1.807) is 6.92 Å². The van der Waals surface area contributed by atoms with Gasteiger partial charge in [-0.3, -0.25) is 5.43 Å². The Kier molecular flexibility index (Phi) is 3.89. The van der Waals surface area contributed by atoms with E-state index in [1.807, 2.05) is 20.8 Å². The lowest BCUT2D eigenvalue weighted by Gasteiger charge is -2.20. The van der Waals surface area contributed by atoms with Gasteiger partial charge in [-0.05, 0) is 27.7 Å². The van der Waals surface area contributed by atoms with E-state index in [4.69, 9.17) is 0 Å². The summed E-state index contributed by atoms with van der Waals surface area (Å²) in [6.07, 6.45) is -0.442. The largest absolute Gasteiger partial charge is 0.449 e. The second kappa shape index (κ2) is 4.18. The third-order valence-corrected chi connectivity index (χ3v) is 0.815. The van der Waals surface area contributed by atoms with Gasteiger partial charge in [-0.1, -0.05) is 0 Å². The highest BCUT2D eigenvalue weighted by atomic mass is 16.5. The van der Waals surface area contributed by atoms with Crippen molar-refractivity contribution in [1.82, 2.24) is 10.9 Å². The fourth-order valence-corrected chi connectivity index (χ4v) is 0.406. The van der Waals surface area contributed by atoms with Crippen molar-refractivity contribution in [2.24, 2.45) is 0 Å². The lowest BCUT2D eigenvalue weighted by molar-refractivity contribution is 0.142. The number of carbonyl (C=O) groups excluding carboxylic acids is 1. The molecule has 0 saturated carbocycles. The zero-order valence-electron chi connectivity index (χ0n) is 7.52. The Balaban J connectivity index is 3.46. The molecule has 4 nitrogen and oxygen atoms in total. The molecule has 0 aliphatic rings. The van der Waals surface area contributed by atoms with Crippen molar-refractivity contribution in [3.63, 3.8) is 0 Å². The Labute approximate surface area is 67.3 Å². The second-order valence-corrected chi connectivity index (χ2v) is 3.22. The molecule has 1 amide bonds. The van der Waals surface area contributed by atoms with E-state index in [0.29, 0.717) is 6.61 Å². The van der Waals surface area contributed by atoms with Gasteiger partial charge >= 0.3 is 6.09 Å². The standard InChI is InChI=1S/C7H16N2O2/c1-5-11-6(10)8-9-7(2,3)4/h9H,5H2,1-4H3,(H,8,10). The Morgan fingerprint density at radius 1 is 1.45 bits per heavy atom. The SMILES string of the molecule is CCOC(=O)NNC(C)(C)C. The number of carbonyl (C=O) groups is 1. The van der Waals surface area contributed by atoms with Crippen molar-refractivity contribution in [3.05, 3.63) is 0 Å². The van der Waals surface area contributed by atoms with Crippen molar-refractivity contribution in [2.45, 2.75) is 33.2 Å². The van der Waals surface area contributed by atoms with E-state index in [2.05, 4.69) is 15.6 Å². The highest BCUT2D eigenvalue weighted by Crippen LogP contribution is 1.95. The minimum Gasteiger partial charge on any atom is -0.449 e. The first-order valence-electron chi connectivity index (χ1n) is 3.65. The van der Waals surface area contributed by atoms with Crippen molar-refractivity contribution in [3.8, 4) is 0 Å². The minimum atomic E-state index is -0.442. The molecule has 0 bridgehead atoms. The monoisotopic (exact) mass is 160 g/mol. The molecule has 0 aliphatic carbocycles. The predicted molar refractivity (Wildman–Crippen MR) is 43.0 cm³/mol. The first-order valence-corrected chi connectivity index (χ1v) is 3.65. The number of ether oxygens (including phenoxy) is 1. The summed E-state index contributed by atoms with van der Waals surface area (Å²) in [4.78, 5) is 10.7. The van der Waals surface area contributed by atoms with Crippen molar-refractivity contribution < 1.29 is 9.53 Å². The first kappa shape index (κ1) is 10.2. The summed E-state index contributed by atoms with van der Waals surface area (Å²) in [6, 6.07) is 0. The Bertz CT molecular complexity index is 129. The van der Waals surface area contributed by atoms with E-state index < -0.39 is 6.09 Å². The smallest absolute Gasteiger partial charge is 0.421 e. The van der Waals surface area contributed by atoms with Gasteiger partial charge < -0.3 is 4.74 Å². The van der Waals surface area contributed by atoms with Crippen LogP contribution < -0.4 is 10.9 Å². The Morgan fingerprint density at radius 3 is 2.36 bits per heavy atom. The summed E-state index contributed by atoms with van der Waals surface area (Å²) in [5, 5.41) is 0. The van der Waals surface area contributed by atoms with Gasteiger partial charge in [0.2, 0.25) is 0 Å². The van der Waals surface area contributed by atoms with Crippen molar-refractivity contribution in [2.75, 3.05) is 6.61 Å². The van der Waals surface area contributed by atoms with Gasteiger partial charge in [0.15, 0.2) is 0 Å². The van der Waals surface area contributed by atoms with Crippen LogP contribution in [0.1, 0.15) is 27.7 Å². The zero-order chi connectivity index (χ0) is 8.91.